The molecule has 1 fully saturated rings. The lowest BCUT2D eigenvalue weighted by molar-refractivity contribution is -0.135. The Bertz CT molecular complexity index is 1280. The molecule has 168 valence electrons. The predicted octanol–water partition coefficient (Wildman–Crippen LogP) is 5.60. The van der Waals surface area contributed by atoms with Gasteiger partial charge in [-0.25, -0.2) is 9.78 Å². The number of hydrogen-bond acceptors (Lipinski definition) is 5. The van der Waals surface area contributed by atoms with Gasteiger partial charge < -0.3 is 14.1 Å². The van der Waals surface area contributed by atoms with E-state index in [-0.39, 0.29) is 18.6 Å². The fourth-order valence-corrected chi connectivity index (χ4v) is 4.66. The summed E-state index contributed by atoms with van der Waals surface area (Å²) in [5.41, 5.74) is 2.53. The number of likely N-dealkylation sites (N-methyl/N-ethyl adjacent to an activating group) is 1. The van der Waals surface area contributed by atoms with Gasteiger partial charge in [0.2, 0.25) is 5.89 Å². The number of carbonyl (C=O) groups excluding carboxylic acids is 2. The van der Waals surface area contributed by atoms with Crippen LogP contribution in [0.4, 0.5) is 0 Å². The topological polar surface area (TPSA) is 72.6 Å². The number of esters is 1. The molecule has 1 aromatic heterocycles. The molecule has 1 saturated carbocycles. The number of aromatic nitrogens is 1. The Kier molecular flexibility index (Phi) is 5.82. The van der Waals surface area contributed by atoms with Gasteiger partial charge in [-0.3, -0.25) is 4.79 Å². The van der Waals surface area contributed by atoms with Gasteiger partial charge >= 0.3 is 5.97 Å². The average molecular weight is 443 g/mol. The molecule has 0 radical (unpaired) electrons. The highest BCUT2D eigenvalue weighted by molar-refractivity contribution is 6.10. The fourth-order valence-electron chi connectivity index (χ4n) is 4.66. The number of carbonyl (C=O) groups is 2. The number of amides is 1. The van der Waals surface area contributed by atoms with Crippen molar-refractivity contribution in [1.29, 1.82) is 0 Å². The Morgan fingerprint density at radius 2 is 1.76 bits per heavy atom. The van der Waals surface area contributed by atoms with Crippen molar-refractivity contribution in [2.75, 3.05) is 13.7 Å². The minimum atomic E-state index is -0.533. The highest BCUT2D eigenvalue weighted by Crippen LogP contribution is 2.33. The summed E-state index contributed by atoms with van der Waals surface area (Å²) in [5, 5.41) is 1.57. The molecule has 33 heavy (non-hydrogen) atoms. The predicted molar refractivity (Wildman–Crippen MR) is 127 cm³/mol. The maximum atomic E-state index is 13.1. The lowest BCUT2D eigenvalue weighted by Gasteiger charge is -2.31. The zero-order valence-electron chi connectivity index (χ0n) is 18.6. The Morgan fingerprint density at radius 1 is 1.00 bits per heavy atom. The first-order valence-electron chi connectivity index (χ1n) is 11.4. The van der Waals surface area contributed by atoms with E-state index in [2.05, 4.69) is 4.98 Å². The Morgan fingerprint density at radius 3 is 2.55 bits per heavy atom. The number of para-hydroxylation sites is 2. The Balaban J connectivity index is 1.42. The lowest BCUT2D eigenvalue weighted by Crippen LogP contribution is -2.40. The number of ether oxygens (including phenoxy) is 1. The second kappa shape index (κ2) is 9.06. The van der Waals surface area contributed by atoms with Crippen molar-refractivity contribution in [2.45, 2.75) is 38.1 Å². The van der Waals surface area contributed by atoms with E-state index in [0.29, 0.717) is 28.0 Å². The van der Waals surface area contributed by atoms with Crippen LogP contribution in [0.2, 0.25) is 0 Å². The molecule has 0 aliphatic heterocycles. The Labute approximate surface area is 192 Å². The van der Waals surface area contributed by atoms with E-state index in [4.69, 9.17) is 9.15 Å². The first kappa shape index (κ1) is 21.2. The van der Waals surface area contributed by atoms with Crippen molar-refractivity contribution in [1.82, 2.24) is 9.88 Å². The molecule has 6 heteroatoms. The minimum Gasteiger partial charge on any atom is -0.452 e. The summed E-state index contributed by atoms with van der Waals surface area (Å²) in [5.74, 6) is -0.264. The summed E-state index contributed by atoms with van der Waals surface area (Å²) in [6.07, 6.45) is 5.51. The lowest BCUT2D eigenvalue weighted by atomic mass is 9.94. The summed E-state index contributed by atoms with van der Waals surface area (Å²) >= 11 is 0. The highest BCUT2D eigenvalue weighted by Gasteiger charge is 2.24. The Hall–Kier alpha value is -3.67. The molecule has 1 amide bonds. The minimum absolute atomic E-state index is 0.172. The molecule has 0 saturated heterocycles. The van der Waals surface area contributed by atoms with Crippen LogP contribution in [0.3, 0.4) is 0 Å². The van der Waals surface area contributed by atoms with Gasteiger partial charge in [-0.05, 0) is 42.5 Å². The van der Waals surface area contributed by atoms with E-state index in [1.54, 1.807) is 18.0 Å². The smallest absolute Gasteiger partial charge is 0.339 e. The summed E-state index contributed by atoms with van der Waals surface area (Å²) < 4.78 is 11.4. The molecule has 4 aromatic rings. The van der Waals surface area contributed by atoms with Gasteiger partial charge in [-0.2, -0.15) is 0 Å². The number of rotatable bonds is 5. The van der Waals surface area contributed by atoms with Crippen molar-refractivity contribution in [3.8, 4) is 11.5 Å². The number of oxazole rings is 1. The molecule has 1 aliphatic carbocycles. The van der Waals surface area contributed by atoms with E-state index in [9.17, 15) is 9.59 Å². The summed E-state index contributed by atoms with van der Waals surface area (Å²) in [6, 6.07) is 18.9. The molecule has 1 aliphatic rings. The standard InChI is InChI=1S/C27H26N2O4/c1-29(19-11-3-2-4-12-19)24(30)17-32-27(31)21-14-8-10-18-9-7-13-20(25(18)21)26-28-22-15-5-6-16-23(22)33-26/h5-10,13-16,19H,2-4,11-12,17H2,1H3. The summed E-state index contributed by atoms with van der Waals surface area (Å²) in [7, 11) is 1.80. The molecule has 5 rings (SSSR count). The first-order chi connectivity index (χ1) is 16.1. The van der Waals surface area contributed by atoms with E-state index in [1.807, 2.05) is 54.6 Å². The maximum absolute atomic E-state index is 13.1. The van der Waals surface area contributed by atoms with Crippen LogP contribution in [0, 0.1) is 0 Å². The average Bonchev–Trinajstić information content (AvgIpc) is 3.30. The van der Waals surface area contributed by atoms with Gasteiger partial charge in [0.25, 0.3) is 5.91 Å². The van der Waals surface area contributed by atoms with Gasteiger partial charge in [0.05, 0.1) is 5.56 Å². The number of fused-ring (bicyclic) bond motifs is 2. The van der Waals surface area contributed by atoms with Gasteiger partial charge in [0.15, 0.2) is 12.2 Å². The van der Waals surface area contributed by atoms with E-state index >= 15 is 0 Å². The molecular formula is C27H26N2O4. The third kappa shape index (κ3) is 4.21. The largest absolute Gasteiger partial charge is 0.452 e. The van der Waals surface area contributed by atoms with Crippen molar-refractivity contribution in [3.05, 3.63) is 66.2 Å². The van der Waals surface area contributed by atoms with Gasteiger partial charge in [-0.15, -0.1) is 0 Å². The molecule has 3 aromatic carbocycles. The molecule has 0 unspecified atom stereocenters. The molecule has 0 bridgehead atoms. The van der Waals surface area contributed by atoms with Crippen LogP contribution in [-0.4, -0.2) is 41.5 Å². The molecule has 1 heterocycles. The van der Waals surface area contributed by atoms with Crippen LogP contribution < -0.4 is 0 Å². The molecular weight excluding hydrogens is 416 g/mol. The van der Waals surface area contributed by atoms with Crippen LogP contribution in [0.5, 0.6) is 0 Å². The third-order valence-corrected chi connectivity index (χ3v) is 6.49. The number of benzene rings is 3. The molecule has 0 atom stereocenters. The van der Waals surface area contributed by atoms with Crippen molar-refractivity contribution >= 4 is 33.7 Å². The van der Waals surface area contributed by atoms with E-state index in [0.717, 1.165) is 36.6 Å². The summed E-state index contributed by atoms with van der Waals surface area (Å²) in [6.45, 7) is -0.271. The first-order valence-corrected chi connectivity index (χ1v) is 11.4. The zero-order chi connectivity index (χ0) is 22.8. The van der Waals surface area contributed by atoms with Crippen molar-refractivity contribution in [2.24, 2.45) is 0 Å². The summed E-state index contributed by atoms with van der Waals surface area (Å²) in [4.78, 5) is 32.1. The van der Waals surface area contributed by atoms with E-state index in [1.165, 1.54) is 6.42 Å². The van der Waals surface area contributed by atoms with Gasteiger partial charge in [-0.1, -0.05) is 55.7 Å². The maximum Gasteiger partial charge on any atom is 0.339 e. The van der Waals surface area contributed by atoms with Crippen molar-refractivity contribution in [3.63, 3.8) is 0 Å². The fraction of sp³-hybridized carbons (Fsp3) is 0.296. The third-order valence-electron chi connectivity index (χ3n) is 6.49. The second-order valence-electron chi connectivity index (χ2n) is 8.57. The SMILES string of the molecule is CN(C(=O)COC(=O)c1cccc2cccc(-c3nc4ccccc4o3)c12)C1CCCCC1. The zero-order valence-corrected chi connectivity index (χ0v) is 18.6. The van der Waals surface area contributed by atoms with Crippen LogP contribution >= 0.6 is 0 Å². The van der Waals surface area contributed by atoms with Crippen LogP contribution in [0.15, 0.2) is 65.1 Å². The number of hydrogen-bond donors (Lipinski definition) is 0. The number of nitrogens with zero attached hydrogens (tertiary/aromatic N) is 2. The monoisotopic (exact) mass is 442 g/mol. The quantitative estimate of drug-likeness (QED) is 0.377. The van der Waals surface area contributed by atoms with Gasteiger partial charge in [0, 0.05) is 24.0 Å². The molecule has 0 N–H and O–H groups in total. The van der Waals surface area contributed by atoms with Crippen LogP contribution in [0.1, 0.15) is 42.5 Å². The molecule has 6 nitrogen and oxygen atoms in total. The molecule has 0 spiro atoms. The van der Waals surface area contributed by atoms with Crippen molar-refractivity contribution < 1.29 is 18.7 Å². The van der Waals surface area contributed by atoms with Crippen LogP contribution in [0.25, 0.3) is 33.3 Å². The second-order valence-corrected chi connectivity index (χ2v) is 8.57. The van der Waals surface area contributed by atoms with Crippen LogP contribution in [-0.2, 0) is 9.53 Å². The van der Waals surface area contributed by atoms with Gasteiger partial charge in [0.1, 0.15) is 5.52 Å². The van der Waals surface area contributed by atoms with E-state index < -0.39 is 5.97 Å². The highest BCUT2D eigenvalue weighted by atomic mass is 16.5. The normalized spacial score (nSPS) is 14.5.